The van der Waals surface area contributed by atoms with Crippen molar-refractivity contribution in [2.75, 3.05) is 0 Å². The molecule has 0 aromatic heterocycles. The molecule has 0 amide bonds. The number of carbonyl (C=O) groups excluding carboxylic acids is 2. The standard InChI is InChI=1S/C19H22O3/c1-4-6-7-8-9-10-11-15-19(22-17(3)20)16-13-12-14-18(21)5-2/h4-5,11,15,19H,1-2,6-10H2,3H3/b15-11-/t19-/m0/s1. The Morgan fingerprint density at radius 1 is 1.14 bits per heavy atom. The van der Waals surface area contributed by atoms with Gasteiger partial charge in [-0.15, -0.1) is 6.58 Å². The number of ketones is 1. The van der Waals surface area contributed by atoms with Crippen molar-refractivity contribution >= 4 is 11.8 Å². The van der Waals surface area contributed by atoms with Crippen molar-refractivity contribution in [3.63, 3.8) is 0 Å². The predicted molar refractivity (Wildman–Crippen MR) is 88.7 cm³/mol. The number of hydrogen-bond donors (Lipinski definition) is 0. The molecule has 0 unspecified atom stereocenters. The maximum absolute atomic E-state index is 11.0. The third-order valence-corrected chi connectivity index (χ3v) is 2.53. The highest BCUT2D eigenvalue weighted by molar-refractivity contribution is 6.04. The molecule has 0 aliphatic carbocycles. The lowest BCUT2D eigenvalue weighted by atomic mass is 10.1. The highest BCUT2D eigenvalue weighted by atomic mass is 16.5. The van der Waals surface area contributed by atoms with E-state index >= 15 is 0 Å². The Kier molecular flexibility index (Phi) is 11.9. The molecule has 0 radical (unpaired) electrons. The molecular formula is C19H22O3. The Labute approximate surface area is 133 Å². The monoisotopic (exact) mass is 298 g/mol. The molecule has 0 aromatic carbocycles. The topological polar surface area (TPSA) is 43.4 Å². The second kappa shape index (κ2) is 13.5. The summed E-state index contributed by atoms with van der Waals surface area (Å²) in [4.78, 5) is 21.9. The fraction of sp³-hybridized carbons (Fsp3) is 0.368. The van der Waals surface area contributed by atoms with Crippen LogP contribution in [0.1, 0.15) is 39.0 Å². The Morgan fingerprint density at radius 3 is 2.50 bits per heavy atom. The summed E-state index contributed by atoms with van der Waals surface area (Å²) in [6, 6.07) is 0. The zero-order valence-corrected chi connectivity index (χ0v) is 13.1. The van der Waals surface area contributed by atoms with Crippen molar-refractivity contribution in [3.8, 4) is 23.7 Å². The second-order valence-electron chi connectivity index (χ2n) is 4.47. The van der Waals surface area contributed by atoms with Crippen LogP contribution >= 0.6 is 0 Å². The number of allylic oxidation sites excluding steroid dienone is 3. The van der Waals surface area contributed by atoms with Crippen molar-refractivity contribution in [1.29, 1.82) is 0 Å². The molecule has 0 N–H and O–H groups in total. The Bertz CT molecular complexity index is 532. The lowest BCUT2D eigenvalue weighted by Gasteiger charge is -2.05. The number of esters is 1. The fourth-order valence-electron chi connectivity index (χ4n) is 1.49. The first-order valence-electron chi connectivity index (χ1n) is 7.23. The van der Waals surface area contributed by atoms with Gasteiger partial charge in [-0.25, -0.2) is 0 Å². The van der Waals surface area contributed by atoms with Crippen LogP contribution in [0.15, 0.2) is 37.5 Å². The van der Waals surface area contributed by atoms with Crippen LogP contribution in [-0.4, -0.2) is 17.9 Å². The highest BCUT2D eigenvalue weighted by Gasteiger charge is 2.02. The van der Waals surface area contributed by atoms with Crippen molar-refractivity contribution in [2.45, 2.75) is 45.1 Å². The summed E-state index contributed by atoms with van der Waals surface area (Å²) in [6.45, 7) is 8.31. The van der Waals surface area contributed by atoms with Gasteiger partial charge in [0.1, 0.15) is 0 Å². The minimum Gasteiger partial charge on any atom is -0.445 e. The molecular weight excluding hydrogens is 276 g/mol. The highest BCUT2D eigenvalue weighted by Crippen LogP contribution is 2.05. The number of rotatable bonds is 9. The van der Waals surface area contributed by atoms with Crippen molar-refractivity contribution in [2.24, 2.45) is 0 Å². The number of unbranched alkanes of at least 4 members (excludes halogenated alkanes) is 4. The normalized spacial score (nSPS) is 10.6. The maximum atomic E-state index is 11.0. The second-order valence-corrected chi connectivity index (χ2v) is 4.47. The van der Waals surface area contributed by atoms with E-state index in [0.717, 1.165) is 38.2 Å². The number of carbonyl (C=O) groups is 2. The van der Waals surface area contributed by atoms with Crippen LogP contribution < -0.4 is 0 Å². The van der Waals surface area contributed by atoms with Gasteiger partial charge >= 0.3 is 5.97 Å². The molecule has 0 aliphatic heterocycles. The zero-order valence-electron chi connectivity index (χ0n) is 13.1. The van der Waals surface area contributed by atoms with E-state index in [4.69, 9.17) is 4.74 Å². The predicted octanol–water partition coefficient (Wildman–Crippen LogP) is 3.37. The van der Waals surface area contributed by atoms with Gasteiger partial charge in [-0.05, 0) is 61.5 Å². The van der Waals surface area contributed by atoms with E-state index in [-0.39, 0.29) is 0 Å². The smallest absolute Gasteiger partial charge is 0.304 e. The minimum absolute atomic E-state index is 0.395. The van der Waals surface area contributed by atoms with Crippen molar-refractivity contribution < 1.29 is 14.3 Å². The summed E-state index contributed by atoms with van der Waals surface area (Å²) >= 11 is 0. The van der Waals surface area contributed by atoms with Crippen LogP contribution in [0.25, 0.3) is 0 Å². The van der Waals surface area contributed by atoms with Gasteiger partial charge in [0.2, 0.25) is 5.78 Å². The van der Waals surface area contributed by atoms with E-state index in [2.05, 4.69) is 36.8 Å². The van der Waals surface area contributed by atoms with E-state index < -0.39 is 17.9 Å². The summed E-state index contributed by atoms with van der Waals surface area (Å²) < 4.78 is 5.04. The minimum atomic E-state index is -0.640. The molecule has 0 bridgehead atoms. The fourth-order valence-corrected chi connectivity index (χ4v) is 1.49. The van der Waals surface area contributed by atoms with Crippen molar-refractivity contribution in [1.82, 2.24) is 0 Å². The lowest BCUT2D eigenvalue weighted by molar-refractivity contribution is -0.142. The van der Waals surface area contributed by atoms with E-state index in [9.17, 15) is 9.59 Å². The quantitative estimate of drug-likeness (QED) is 0.164. The number of ether oxygens (including phenoxy) is 1. The van der Waals surface area contributed by atoms with Crippen LogP contribution in [-0.2, 0) is 14.3 Å². The van der Waals surface area contributed by atoms with Gasteiger partial charge in [0.05, 0.1) is 0 Å². The van der Waals surface area contributed by atoms with Crippen LogP contribution in [0.3, 0.4) is 0 Å². The average Bonchev–Trinajstić information content (AvgIpc) is 2.49. The molecule has 3 nitrogen and oxygen atoms in total. The van der Waals surface area contributed by atoms with E-state index in [1.807, 2.05) is 12.2 Å². The van der Waals surface area contributed by atoms with E-state index in [1.165, 1.54) is 6.92 Å². The molecule has 0 saturated heterocycles. The van der Waals surface area contributed by atoms with E-state index in [1.54, 1.807) is 6.08 Å². The molecule has 0 fully saturated rings. The summed E-state index contributed by atoms with van der Waals surface area (Å²) in [6.07, 6.45) is 11.3. The van der Waals surface area contributed by atoms with Crippen LogP contribution in [0.2, 0.25) is 0 Å². The summed E-state index contributed by atoms with van der Waals surface area (Å²) in [7, 11) is 0. The van der Waals surface area contributed by atoms with Gasteiger partial charge in [-0.2, -0.15) is 0 Å². The first-order valence-corrected chi connectivity index (χ1v) is 7.23. The maximum Gasteiger partial charge on any atom is 0.304 e. The third kappa shape index (κ3) is 12.5. The largest absolute Gasteiger partial charge is 0.445 e. The van der Waals surface area contributed by atoms with Gasteiger partial charge in [0, 0.05) is 6.92 Å². The Hall–Kier alpha value is -2.52. The lowest BCUT2D eigenvalue weighted by Crippen LogP contribution is -2.11. The molecule has 1 atom stereocenters. The van der Waals surface area contributed by atoms with Crippen LogP contribution in [0, 0.1) is 23.7 Å². The van der Waals surface area contributed by atoms with Crippen LogP contribution in [0.4, 0.5) is 0 Å². The summed E-state index contributed by atoms with van der Waals surface area (Å²) in [5.74, 6) is 9.07. The first-order chi connectivity index (χ1) is 10.6. The molecule has 0 heterocycles. The average molecular weight is 298 g/mol. The molecule has 116 valence electrons. The van der Waals surface area contributed by atoms with E-state index in [0.29, 0.717) is 0 Å². The molecule has 0 rings (SSSR count). The number of hydrogen-bond acceptors (Lipinski definition) is 3. The van der Waals surface area contributed by atoms with Gasteiger partial charge in [-0.3, -0.25) is 9.59 Å². The molecule has 0 aromatic rings. The molecule has 22 heavy (non-hydrogen) atoms. The molecule has 0 saturated carbocycles. The summed E-state index contributed by atoms with van der Waals surface area (Å²) in [5, 5.41) is 0. The van der Waals surface area contributed by atoms with Gasteiger partial charge in [0.15, 0.2) is 6.10 Å². The van der Waals surface area contributed by atoms with Gasteiger partial charge in [0.25, 0.3) is 0 Å². The van der Waals surface area contributed by atoms with Gasteiger partial charge in [-0.1, -0.05) is 25.2 Å². The van der Waals surface area contributed by atoms with Gasteiger partial charge < -0.3 is 4.74 Å². The third-order valence-electron chi connectivity index (χ3n) is 2.53. The Balaban J connectivity index is 4.39. The molecule has 0 aliphatic rings. The molecule has 0 spiro atoms. The molecule has 3 heteroatoms. The zero-order chi connectivity index (χ0) is 16.6. The Morgan fingerprint density at radius 2 is 1.86 bits per heavy atom. The first kappa shape index (κ1) is 19.5. The summed E-state index contributed by atoms with van der Waals surface area (Å²) in [5.41, 5.74) is 0. The SMILES string of the molecule is C=CCCCCC/C=C\[C@@H](C#CC#CC(=O)C=C)OC(C)=O. The van der Waals surface area contributed by atoms with Crippen LogP contribution in [0.5, 0.6) is 0 Å². The van der Waals surface area contributed by atoms with Crippen molar-refractivity contribution in [3.05, 3.63) is 37.5 Å².